The number of aryl methyl sites for hydroxylation is 1. The Bertz CT molecular complexity index is 498. The van der Waals surface area contributed by atoms with Gasteiger partial charge in [-0.2, -0.15) is 11.8 Å². The van der Waals surface area contributed by atoms with Crippen molar-refractivity contribution in [3.63, 3.8) is 0 Å². The fraction of sp³-hybridized carbons (Fsp3) is 0.357. The highest BCUT2D eigenvalue weighted by molar-refractivity contribution is 7.98. The van der Waals surface area contributed by atoms with Gasteiger partial charge in [-0.05, 0) is 35.9 Å². The highest BCUT2D eigenvalue weighted by atomic mass is 32.2. The van der Waals surface area contributed by atoms with Crippen molar-refractivity contribution in [3.05, 3.63) is 51.5 Å². The first-order chi connectivity index (χ1) is 8.83. The molecule has 2 nitrogen and oxygen atoms in total. The molecule has 18 heavy (non-hydrogen) atoms. The topological polar surface area (TPSA) is 38.9 Å². The van der Waals surface area contributed by atoms with Gasteiger partial charge in [-0.15, -0.1) is 11.3 Å². The second-order valence-electron chi connectivity index (χ2n) is 4.53. The second kappa shape index (κ2) is 5.43. The number of hydrogen-bond acceptors (Lipinski definition) is 4. The van der Waals surface area contributed by atoms with Crippen molar-refractivity contribution < 1.29 is 0 Å². The number of pyridine rings is 1. The van der Waals surface area contributed by atoms with E-state index in [2.05, 4.69) is 11.1 Å². The fourth-order valence-corrected chi connectivity index (χ4v) is 4.58. The summed E-state index contributed by atoms with van der Waals surface area (Å²) in [6, 6.07) is 8.39. The molecule has 94 valence electrons. The van der Waals surface area contributed by atoms with Crippen LogP contribution in [0.1, 0.15) is 27.1 Å². The fourth-order valence-electron chi connectivity index (χ4n) is 2.20. The van der Waals surface area contributed by atoms with Crippen LogP contribution in [0.15, 0.2) is 30.5 Å². The van der Waals surface area contributed by atoms with E-state index in [4.69, 9.17) is 5.73 Å². The third-order valence-corrected chi connectivity index (χ3v) is 5.54. The minimum atomic E-state index is 0.0838. The van der Waals surface area contributed by atoms with Crippen molar-refractivity contribution in [2.24, 2.45) is 5.73 Å². The van der Waals surface area contributed by atoms with Gasteiger partial charge < -0.3 is 5.73 Å². The molecule has 0 aliphatic carbocycles. The summed E-state index contributed by atoms with van der Waals surface area (Å²) in [5.74, 6) is 2.41. The van der Waals surface area contributed by atoms with E-state index < -0.39 is 0 Å². The van der Waals surface area contributed by atoms with Crippen LogP contribution in [0.4, 0.5) is 0 Å². The van der Waals surface area contributed by atoms with Gasteiger partial charge in [-0.1, -0.05) is 6.07 Å². The zero-order chi connectivity index (χ0) is 12.4. The number of thioether (sulfide) groups is 1. The summed E-state index contributed by atoms with van der Waals surface area (Å²) >= 11 is 3.92. The standard InChI is InChI=1S/C14H16N2S2/c15-12(8-11-3-1-2-5-16-11)14-7-10-9-17-6-4-13(10)18-14/h1-3,5,7,12H,4,6,8-9,15H2. The van der Waals surface area contributed by atoms with Crippen LogP contribution in [0, 0.1) is 0 Å². The summed E-state index contributed by atoms with van der Waals surface area (Å²) in [4.78, 5) is 7.20. The van der Waals surface area contributed by atoms with E-state index in [1.54, 1.807) is 4.88 Å². The summed E-state index contributed by atoms with van der Waals surface area (Å²) in [5, 5.41) is 0. The molecular weight excluding hydrogens is 260 g/mol. The molecule has 1 aliphatic heterocycles. The number of rotatable bonds is 3. The number of hydrogen-bond donors (Lipinski definition) is 1. The molecule has 0 saturated heterocycles. The largest absolute Gasteiger partial charge is 0.323 e. The zero-order valence-corrected chi connectivity index (χ0v) is 11.8. The normalized spacial score (nSPS) is 16.3. The second-order valence-corrected chi connectivity index (χ2v) is 6.80. The molecule has 0 aromatic carbocycles. The average molecular weight is 276 g/mol. The molecular formula is C14H16N2S2. The van der Waals surface area contributed by atoms with Crippen LogP contribution in [0.25, 0.3) is 0 Å². The van der Waals surface area contributed by atoms with Gasteiger partial charge in [-0.25, -0.2) is 0 Å². The average Bonchev–Trinajstić information content (AvgIpc) is 2.84. The molecule has 2 aromatic rings. The van der Waals surface area contributed by atoms with Crippen LogP contribution in [-0.2, 0) is 18.6 Å². The summed E-state index contributed by atoms with van der Waals surface area (Å²) in [7, 11) is 0. The van der Waals surface area contributed by atoms with E-state index in [0.29, 0.717) is 0 Å². The van der Waals surface area contributed by atoms with E-state index in [9.17, 15) is 0 Å². The van der Waals surface area contributed by atoms with Crippen LogP contribution in [0.5, 0.6) is 0 Å². The maximum atomic E-state index is 6.30. The Kier molecular flexibility index (Phi) is 3.68. The lowest BCUT2D eigenvalue weighted by Crippen LogP contribution is -2.12. The van der Waals surface area contributed by atoms with Gasteiger partial charge in [-0.3, -0.25) is 4.98 Å². The first kappa shape index (κ1) is 12.2. The molecule has 2 N–H and O–H groups in total. The van der Waals surface area contributed by atoms with Crippen molar-refractivity contribution in [1.29, 1.82) is 0 Å². The van der Waals surface area contributed by atoms with Crippen LogP contribution in [-0.4, -0.2) is 10.7 Å². The van der Waals surface area contributed by atoms with Gasteiger partial charge in [0.25, 0.3) is 0 Å². The van der Waals surface area contributed by atoms with E-state index in [0.717, 1.165) is 17.9 Å². The molecule has 0 saturated carbocycles. The summed E-state index contributed by atoms with van der Waals surface area (Å²) in [5.41, 5.74) is 8.88. The van der Waals surface area contributed by atoms with Crippen molar-refractivity contribution in [2.45, 2.75) is 24.6 Å². The van der Waals surface area contributed by atoms with Gasteiger partial charge in [0.1, 0.15) is 0 Å². The predicted octanol–water partition coefficient (Wildman–Crippen LogP) is 3.17. The minimum Gasteiger partial charge on any atom is -0.323 e. The lowest BCUT2D eigenvalue weighted by atomic mass is 10.1. The van der Waals surface area contributed by atoms with Gasteiger partial charge >= 0.3 is 0 Å². The third kappa shape index (κ3) is 2.60. The Hall–Kier alpha value is -0.840. The quantitative estimate of drug-likeness (QED) is 0.936. The molecule has 1 unspecified atom stereocenters. The van der Waals surface area contributed by atoms with Crippen molar-refractivity contribution >= 4 is 23.1 Å². The number of thiophene rings is 1. The van der Waals surface area contributed by atoms with Gasteiger partial charge in [0.05, 0.1) is 0 Å². The molecule has 2 aromatic heterocycles. The van der Waals surface area contributed by atoms with Crippen LogP contribution >= 0.6 is 23.1 Å². The molecule has 0 amide bonds. The maximum Gasteiger partial charge on any atom is 0.0446 e. The smallest absolute Gasteiger partial charge is 0.0446 e. The van der Waals surface area contributed by atoms with Crippen LogP contribution in [0.2, 0.25) is 0 Å². The number of fused-ring (bicyclic) bond motifs is 1. The highest BCUT2D eigenvalue weighted by Crippen LogP contribution is 2.34. The molecule has 3 rings (SSSR count). The maximum absolute atomic E-state index is 6.30. The number of aromatic nitrogens is 1. The van der Waals surface area contributed by atoms with Crippen molar-refractivity contribution in [2.75, 3.05) is 5.75 Å². The van der Waals surface area contributed by atoms with Crippen LogP contribution in [0.3, 0.4) is 0 Å². The van der Waals surface area contributed by atoms with Gasteiger partial charge in [0, 0.05) is 39.9 Å². The molecule has 1 atom stereocenters. The molecule has 0 fully saturated rings. The van der Waals surface area contributed by atoms with Gasteiger partial charge in [0.2, 0.25) is 0 Å². The number of nitrogens with two attached hydrogens (primary N) is 1. The Balaban J connectivity index is 1.76. The van der Waals surface area contributed by atoms with E-state index >= 15 is 0 Å². The zero-order valence-electron chi connectivity index (χ0n) is 10.1. The van der Waals surface area contributed by atoms with Gasteiger partial charge in [0.15, 0.2) is 0 Å². The first-order valence-electron chi connectivity index (χ1n) is 6.17. The Labute approximate surface area is 116 Å². The Morgan fingerprint density at radius 1 is 1.39 bits per heavy atom. The molecule has 0 spiro atoms. The predicted molar refractivity (Wildman–Crippen MR) is 79.1 cm³/mol. The van der Waals surface area contributed by atoms with E-state index in [1.807, 2.05) is 47.5 Å². The monoisotopic (exact) mass is 276 g/mol. The molecule has 3 heterocycles. The molecule has 0 bridgehead atoms. The van der Waals surface area contributed by atoms with Crippen molar-refractivity contribution in [3.8, 4) is 0 Å². The Morgan fingerprint density at radius 3 is 3.11 bits per heavy atom. The number of nitrogens with zero attached hydrogens (tertiary/aromatic N) is 1. The van der Waals surface area contributed by atoms with E-state index in [-0.39, 0.29) is 6.04 Å². The minimum absolute atomic E-state index is 0.0838. The van der Waals surface area contributed by atoms with E-state index in [1.165, 1.54) is 22.6 Å². The summed E-state index contributed by atoms with van der Waals surface area (Å²) in [6.45, 7) is 0. The summed E-state index contributed by atoms with van der Waals surface area (Å²) in [6.07, 6.45) is 3.87. The first-order valence-corrected chi connectivity index (χ1v) is 8.15. The Morgan fingerprint density at radius 2 is 2.33 bits per heavy atom. The summed E-state index contributed by atoms with van der Waals surface area (Å²) < 4.78 is 0. The highest BCUT2D eigenvalue weighted by Gasteiger charge is 2.17. The molecule has 0 radical (unpaired) electrons. The lowest BCUT2D eigenvalue weighted by molar-refractivity contribution is 0.719. The molecule has 1 aliphatic rings. The lowest BCUT2D eigenvalue weighted by Gasteiger charge is -2.08. The van der Waals surface area contributed by atoms with Crippen molar-refractivity contribution in [1.82, 2.24) is 4.98 Å². The van der Waals surface area contributed by atoms with Crippen LogP contribution < -0.4 is 5.73 Å². The molecule has 4 heteroatoms. The SMILES string of the molecule is NC(Cc1ccccn1)c1cc2c(s1)CCSC2. The third-order valence-electron chi connectivity index (χ3n) is 3.17.